The molecular weight excluding hydrogens is 839 g/mol. The van der Waals surface area contributed by atoms with E-state index in [0.29, 0.717) is 39.1 Å². The van der Waals surface area contributed by atoms with Crippen molar-refractivity contribution in [1.29, 1.82) is 0 Å². The molecule has 2 rings (SSSR count). The molecule has 348 valence electrons. The largest absolute Gasteiger partial charge is 0.481 e. The van der Waals surface area contributed by atoms with Gasteiger partial charge in [-0.3, -0.25) is 47.9 Å². The van der Waals surface area contributed by atoms with E-state index in [2.05, 4.69) is 20.4 Å². The third-order valence-corrected chi connectivity index (χ3v) is 11.8. The number of nitrogens with zero attached hydrogens (tertiary/aromatic N) is 4. The first-order chi connectivity index (χ1) is 29.1. The molecule has 1 saturated heterocycles. The summed E-state index contributed by atoms with van der Waals surface area (Å²) in [6, 6.07) is 4.75. The number of carbonyl (C=O) groups excluding carboxylic acids is 3. The molecule has 1 heterocycles. The van der Waals surface area contributed by atoms with Crippen LogP contribution >= 0.6 is 7.60 Å². The van der Waals surface area contributed by atoms with Gasteiger partial charge in [0, 0.05) is 83.7 Å². The first kappa shape index (κ1) is 53.3. The SMILES string of the molecule is CN1CCN(C)CCN(CC(=O)NCCc2ccc(C(=O)N[C@H](CCC(=O)CC(CCOP(=O)(O)CC(CCC(=O)O)C(=O)O)C(=O)O)C(=O)O)cc2)CCN(CC(=O)O)CC1. The lowest BCUT2D eigenvalue weighted by Gasteiger charge is -2.31. The van der Waals surface area contributed by atoms with Crippen LogP contribution in [0.3, 0.4) is 0 Å². The number of hydrogen-bond donors (Lipinski definition) is 8. The number of likely N-dealkylation sites (N-methyl/N-ethyl adjacent to an activating group) is 2. The van der Waals surface area contributed by atoms with Crippen molar-refractivity contribution in [2.75, 3.05) is 98.9 Å². The number of amides is 2. The minimum atomic E-state index is -4.58. The lowest BCUT2D eigenvalue weighted by Crippen LogP contribution is -2.47. The number of carboxylic acids is 5. The summed E-state index contributed by atoms with van der Waals surface area (Å²) in [5.74, 6) is -11.1. The number of hydrogen-bond acceptors (Lipinski definition) is 14. The fourth-order valence-electron chi connectivity index (χ4n) is 6.38. The Hall–Kier alpha value is -4.83. The highest BCUT2D eigenvalue weighted by Crippen LogP contribution is 2.45. The Balaban J connectivity index is 1.85. The summed E-state index contributed by atoms with van der Waals surface area (Å²) in [7, 11) is -0.552. The minimum Gasteiger partial charge on any atom is -0.481 e. The van der Waals surface area contributed by atoms with Crippen LogP contribution in [0.15, 0.2) is 24.3 Å². The van der Waals surface area contributed by atoms with Crippen molar-refractivity contribution in [1.82, 2.24) is 30.2 Å². The van der Waals surface area contributed by atoms with Gasteiger partial charge in [0.15, 0.2) is 0 Å². The highest BCUT2D eigenvalue weighted by Gasteiger charge is 2.32. The normalized spacial score (nSPS) is 17.5. The van der Waals surface area contributed by atoms with Crippen molar-refractivity contribution in [2.45, 2.75) is 51.0 Å². The summed E-state index contributed by atoms with van der Waals surface area (Å²) in [6.45, 7) is 5.05. The third kappa shape index (κ3) is 22.3. The molecule has 62 heavy (non-hydrogen) atoms. The monoisotopic (exact) mass is 900 g/mol. The predicted octanol–water partition coefficient (Wildman–Crippen LogP) is -0.308. The molecule has 0 spiro atoms. The Labute approximate surface area is 359 Å². The van der Waals surface area contributed by atoms with Crippen LogP contribution in [0.4, 0.5) is 0 Å². The molecule has 0 saturated carbocycles. The molecule has 23 heteroatoms. The van der Waals surface area contributed by atoms with Gasteiger partial charge in [-0.05, 0) is 57.5 Å². The molecule has 0 radical (unpaired) electrons. The zero-order valence-corrected chi connectivity index (χ0v) is 36.1. The fourth-order valence-corrected chi connectivity index (χ4v) is 7.78. The van der Waals surface area contributed by atoms with Crippen molar-refractivity contribution in [3.05, 3.63) is 35.4 Å². The van der Waals surface area contributed by atoms with Gasteiger partial charge in [-0.1, -0.05) is 12.1 Å². The number of rotatable bonds is 26. The molecule has 0 bridgehead atoms. The molecule has 1 aliphatic heterocycles. The summed E-state index contributed by atoms with van der Waals surface area (Å²) in [5.41, 5.74) is 0.910. The van der Waals surface area contributed by atoms with E-state index in [9.17, 15) is 68.2 Å². The smallest absolute Gasteiger partial charge is 0.328 e. The van der Waals surface area contributed by atoms with Crippen LogP contribution in [-0.4, -0.2) is 202 Å². The average molecular weight is 901 g/mol. The second-order valence-corrected chi connectivity index (χ2v) is 17.3. The van der Waals surface area contributed by atoms with Gasteiger partial charge in [0.25, 0.3) is 5.91 Å². The number of ketones is 1. The van der Waals surface area contributed by atoms with E-state index in [1.807, 2.05) is 23.9 Å². The fraction of sp³-hybridized carbons (Fsp3) is 0.641. The molecule has 1 aromatic rings. The van der Waals surface area contributed by atoms with Gasteiger partial charge >= 0.3 is 37.4 Å². The van der Waals surface area contributed by atoms with Gasteiger partial charge in [-0.25, -0.2) is 4.79 Å². The van der Waals surface area contributed by atoms with Gasteiger partial charge in [0.05, 0.1) is 37.7 Å². The highest BCUT2D eigenvalue weighted by molar-refractivity contribution is 7.52. The Kier molecular flexibility index (Phi) is 23.5. The van der Waals surface area contributed by atoms with E-state index >= 15 is 0 Å². The first-order valence-electron chi connectivity index (χ1n) is 20.2. The topological polar surface area (TPSA) is 321 Å². The Morgan fingerprint density at radius 2 is 1.24 bits per heavy atom. The van der Waals surface area contributed by atoms with Crippen LogP contribution in [0, 0.1) is 11.8 Å². The molecule has 3 unspecified atom stereocenters. The molecule has 0 aromatic heterocycles. The van der Waals surface area contributed by atoms with Crippen LogP contribution in [0.25, 0.3) is 0 Å². The Bertz CT molecular complexity index is 1730. The average Bonchev–Trinajstić information content (AvgIpc) is 3.18. The van der Waals surface area contributed by atoms with Gasteiger partial charge in [-0.15, -0.1) is 0 Å². The zero-order chi connectivity index (χ0) is 46.4. The second-order valence-electron chi connectivity index (χ2n) is 15.4. The summed E-state index contributed by atoms with van der Waals surface area (Å²) >= 11 is 0. The lowest BCUT2D eigenvalue weighted by atomic mass is 9.96. The number of aliphatic carboxylic acids is 5. The molecule has 0 aliphatic carbocycles. The van der Waals surface area contributed by atoms with Crippen molar-refractivity contribution in [3.8, 4) is 0 Å². The number of nitrogens with one attached hydrogen (secondary N) is 2. The van der Waals surface area contributed by atoms with E-state index in [1.165, 1.54) is 12.1 Å². The summed E-state index contributed by atoms with van der Waals surface area (Å²) in [5, 5.41) is 51.9. The maximum absolute atomic E-state index is 12.9. The number of carboxylic acid groups (broad SMARTS) is 5. The number of Topliss-reactive ketones (excluding diaryl/α,β-unsaturated/α-hetero) is 1. The van der Waals surface area contributed by atoms with Gasteiger partial charge in [0.1, 0.15) is 11.8 Å². The van der Waals surface area contributed by atoms with Gasteiger partial charge in [-0.2, -0.15) is 0 Å². The lowest BCUT2D eigenvalue weighted by molar-refractivity contribution is -0.144. The first-order valence-corrected chi connectivity index (χ1v) is 22.0. The quantitative estimate of drug-likeness (QED) is 0.0553. The molecule has 4 atom stereocenters. The summed E-state index contributed by atoms with van der Waals surface area (Å²) < 4.78 is 17.2. The molecule has 1 aliphatic rings. The summed E-state index contributed by atoms with van der Waals surface area (Å²) in [4.78, 5) is 114. The third-order valence-electron chi connectivity index (χ3n) is 10.3. The maximum atomic E-state index is 12.9. The van der Waals surface area contributed by atoms with E-state index in [0.717, 1.165) is 31.7 Å². The van der Waals surface area contributed by atoms with Crippen molar-refractivity contribution in [3.63, 3.8) is 0 Å². The van der Waals surface area contributed by atoms with E-state index in [-0.39, 0.29) is 31.0 Å². The standard InChI is InChI=1S/C39H61N6O16P/c1-42-14-15-43(2)17-19-45(25-35(50)51)21-20-44(18-16-42)24-33(47)40-13-11-27-3-5-28(6-4-27)36(52)41-32(39(57)58)9-8-31(46)23-29(37(53)54)12-22-61-62(59,60)26-30(38(55)56)7-10-34(48)49/h3-6,29-30,32H,7-26H2,1-2H3,(H,40,47)(H,41,52)(H,48,49)(H,50,51)(H,53,54)(H,55,56)(H,57,58)(H,59,60)/t29?,30?,32-/m1/s1. The molecule has 22 nitrogen and oxygen atoms in total. The Morgan fingerprint density at radius 3 is 1.77 bits per heavy atom. The van der Waals surface area contributed by atoms with Crippen LogP contribution in [-0.2, 0) is 49.1 Å². The number of carbonyl (C=O) groups is 8. The van der Waals surface area contributed by atoms with Crippen LogP contribution in [0.5, 0.6) is 0 Å². The van der Waals surface area contributed by atoms with E-state index in [1.54, 1.807) is 12.1 Å². The van der Waals surface area contributed by atoms with Gasteiger partial charge in [0.2, 0.25) is 5.91 Å². The number of benzene rings is 1. The zero-order valence-electron chi connectivity index (χ0n) is 35.2. The van der Waals surface area contributed by atoms with E-state index < -0.39 is 112 Å². The predicted molar refractivity (Wildman–Crippen MR) is 221 cm³/mol. The maximum Gasteiger partial charge on any atom is 0.328 e. The van der Waals surface area contributed by atoms with Crippen LogP contribution < -0.4 is 10.6 Å². The highest BCUT2D eigenvalue weighted by atomic mass is 31.2. The summed E-state index contributed by atoms with van der Waals surface area (Å²) in [6.07, 6.45) is -3.29. The molecule has 2 amide bonds. The van der Waals surface area contributed by atoms with Gasteiger partial charge < -0.3 is 55.4 Å². The van der Waals surface area contributed by atoms with Crippen LogP contribution in [0.2, 0.25) is 0 Å². The molecule has 1 fully saturated rings. The van der Waals surface area contributed by atoms with Crippen molar-refractivity contribution in [2.24, 2.45) is 11.8 Å². The molecule has 8 N–H and O–H groups in total. The Morgan fingerprint density at radius 1 is 0.694 bits per heavy atom. The minimum absolute atomic E-state index is 0.0866. The van der Waals surface area contributed by atoms with Crippen molar-refractivity contribution < 1.29 is 77.9 Å². The van der Waals surface area contributed by atoms with Crippen molar-refractivity contribution >= 4 is 55.0 Å². The molecule has 1 aromatic carbocycles. The molecular formula is C39H61N6O16P. The second kappa shape index (κ2) is 27.3. The van der Waals surface area contributed by atoms with E-state index in [4.69, 9.17) is 9.63 Å². The van der Waals surface area contributed by atoms with Crippen LogP contribution in [0.1, 0.15) is 54.4 Å².